The fourth-order valence-corrected chi connectivity index (χ4v) is 3.75. The van der Waals surface area contributed by atoms with Crippen LogP contribution in [0.25, 0.3) is 10.8 Å². The Morgan fingerprint density at radius 1 is 1.00 bits per heavy atom. The normalized spacial score (nSPS) is 14.9. The molecule has 29 heavy (non-hydrogen) atoms. The van der Waals surface area contributed by atoms with Crippen LogP contribution in [-0.4, -0.2) is 46.8 Å². The zero-order valence-corrected chi connectivity index (χ0v) is 15.8. The van der Waals surface area contributed by atoms with Crippen LogP contribution in [-0.2, 0) is 6.54 Å². The summed E-state index contributed by atoms with van der Waals surface area (Å²) in [6.07, 6.45) is 0. The Labute approximate surface area is 167 Å². The molecule has 6 nitrogen and oxygen atoms in total. The van der Waals surface area contributed by atoms with Gasteiger partial charge in [0.05, 0.1) is 4.92 Å². The van der Waals surface area contributed by atoms with Gasteiger partial charge in [-0.05, 0) is 28.5 Å². The molecule has 0 spiro atoms. The van der Waals surface area contributed by atoms with Crippen LogP contribution in [0.4, 0.5) is 10.1 Å². The number of carbonyl (C=O) groups is 1. The predicted octanol–water partition coefficient (Wildman–Crippen LogP) is 3.85. The van der Waals surface area contributed by atoms with Crippen LogP contribution < -0.4 is 0 Å². The number of nitro benzene ring substituents is 1. The molecule has 1 saturated heterocycles. The van der Waals surface area contributed by atoms with Crippen molar-refractivity contribution in [3.8, 4) is 0 Å². The lowest BCUT2D eigenvalue weighted by Gasteiger charge is -2.35. The summed E-state index contributed by atoms with van der Waals surface area (Å²) in [7, 11) is 0. The Hall–Kier alpha value is -3.32. The molecule has 1 aliphatic rings. The van der Waals surface area contributed by atoms with Crippen molar-refractivity contribution in [2.45, 2.75) is 6.54 Å². The molecule has 1 heterocycles. The molecule has 0 unspecified atom stereocenters. The molecule has 1 aliphatic heterocycles. The summed E-state index contributed by atoms with van der Waals surface area (Å²) in [4.78, 5) is 26.7. The minimum absolute atomic E-state index is 0.139. The maximum absolute atomic E-state index is 13.5. The van der Waals surface area contributed by atoms with Crippen molar-refractivity contribution in [2.24, 2.45) is 0 Å². The summed E-state index contributed by atoms with van der Waals surface area (Å²) in [6, 6.07) is 17.8. The zero-order chi connectivity index (χ0) is 20.4. The van der Waals surface area contributed by atoms with Crippen LogP contribution in [0.5, 0.6) is 0 Å². The van der Waals surface area contributed by atoms with Crippen LogP contribution in [0.2, 0.25) is 0 Å². The second kappa shape index (κ2) is 7.97. The number of piperazine rings is 1. The third-order valence-corrected chi connectivity index (χ3v) is 5.32. The average Bonchev–Trinajstić information content (AvgIpc) is 2.74. The van der Waals surface area contributed by atoms with E-state index in [1.165, 1.54) is 22.4 Å². The molecule has 0 aliphatic carbocycles. The highest BCUT2D eigenvalue weighted by Crippen LogP contribution is 2.22. The number of fused-ring (bicyclic) bond motifs is 1. The maximum Gasteiger partial charge on any atom is 0.305 e. The van der Waals surface area contributed by atoms with Crippen LogP contribution in [0.1, 0.15) is 15.9 Å². The molecule has 148 valence electrons. The standard InChI is InChI=1S/C22H20FN3O3/c23-20-9-8-17(14-21(20)26(28)29)22(27)25-12-10-24(11-13-25)15-18-6-3-5-16-4-1-2-7-19(16)18/h1-9,14H,10-13,15H2. The first kappa shape index (κ1) is 19.0. The van der Waals surface area contributed by atoms with Crippen molar-refractivity contribution in [3.05, 3.63) is 87.7 Å². The van der Waals surface area contributed by atoms with Gasteiger partial charge in [-0.2, -0.15) is 4.39 Å². The highest BCUT2D eigenvalue weighted by molar-refractivity contribution is 5.95. The van der Waals surface area contributed by atoms with Crippen molar-refractivity contribution in [3.63, 3.8) is 0 Å². The predicted molar refractivity (Wildman–Crippen MR) is 108 cm³/mol. The minimum atomic E-state index is -0.938. The number of amides is 1. The molecule has 3 aromatic carbocycles. The van der Waals surface area contributed by atoms with Gasteiger partial charge in [0.2, 0.25) is 5.82 Å². The number of nitrogens with zero attached hydrogens (tertiary/aromatic N) is 3. The molecule has 0 bridgehead atoms. The number of hydrogen-bond acceptors (Lipinski definition) is 4. The van der Waals surface area contributed by atoms with E-state index in [0.717, 1.165) is 18.7 Å². The van der Waals surface area contributed by atoms with Crippen LogP contribution >= 0.6 is 0 Å². The molecule has 0 atom stereocenters. The van der Waals surface area contributed by atoms with Crippen molar-refractivity contribution in [2.75, 3.05) is 26.2 Å². The highest BCUT2D eigenvalue weighted by atomic mass is 19.1. The minimum Gasteiger partial charge on any atom is -0.336 e. The quantitative estimate of drug-likeness (QED) is 0.499. The summed E-state index contributed by atoms with van der Waals surface area (Å²) in [5, 5.41) is 13.4. The molecule has 1 fully saturated rings. The molecular formula is C22H20FN3O3. The van der Waals surface area contributed by atoms with E-state index in [4.69, 9.17) is 0 Å². The fraction of sp³-hybridized carbons (Fsp3) is 0.227. The monoisotopic (exact) mass is 393 g/mol. The molecule has 0 saturated carbocycles. The van der Waals surface area contributed by atoms with Crippen molar-refractivity contribution >= 4 is 22.4 Å². The van der Waals surface area contributed by atoms with E-state index in [2.05, 4.69) is 35.2 Å². The molecule has 4 rings (SSSR count). The lowest BCUT2D eigenvalue weighted by atomic mass is 10.0. The van der Waals surface area contributed by atoms with E-state index >= 15 is 0 Å². The lowest BCUT2D eigenvalue weighted by Crippen LogP contribution is -2.48. The van der Waals surface area contributed by atoms with Gasteiger partial charge >= 0.3 is 5.69 Å². The van der Waals surface area contributed by atoms with Crippen LogP contribution in [0.15, 0.2) is 60.7 Å². The topological polar surface area (TPSA) is 66.7 Å². The second-order valence-electron chi connectivity index (χ2n) is 7.13. The van der Waals surface area contributed by atoms with Crippen LogP contribution in [0.3, 0.4) is 0 Å². The first-order valence-corrected chi connectivity index (χ1v) is 9.45. The molecule has 0 N–H and O–H groups in total. The smallest absolute Gasteiger partial charge is 0.305 e. The zero-order valence-electron chi connectivity index (χ0n) is 15.8. The third kappa shape index (κ3) is 3.95. The van der Waals surface area contributed by atoms with Gasteiger partial charge in [-0.3, -0.25) is 19.8 Å². The molecule has 1 amide bonds. The van der Waals surface area contributed by atoms with Gasteiger partial charge < -0.3 is 4.90 Å². The molecule has 0 aromatic heterocycles. The molecular weight excluding hydrogens is 373 g/mol. The van der Waals surface area contributed by atoms with Gasteiger partial charge in [-0.15, -0.1) is 0 Å². The van der Waals surface area contributed by atoms with Gasteiger partial charge in [-0.25, -0.2) is 0 Å². The molecule has 3 aromatic rings. The van der Waals surface area contributed by atoms with Crippen molar-refractivity contribution in [1.29, 1.82) is 0 Å². The number of halogens is 1. The van der Waals surface area contributed by atoms with Crippen molar-refractivity contribution in [1.82, 2.24) is 9.80 Å². The first-order valence-electron chi connectivity index (χ1n) is 9.45. The Kier molecular flexibility index (Phi) is 5.22. The number of carbonyl (C=O) groups excluding carboxylic acids is 1. The average molecular weight is 393 g/mol. The Balaban J connectivity index is 1.42. The van der Waals surface area contributed by atoms with Crippen LogP contribution in [0, 0.1) is 15.9 Å². The highest BCUT2D eigenvalue weighted by Gasteiger charge is 2.25. The fourth-order valence-electron chi connectivity index (χ4n) is 3.75. The summed E-state index contributed by atoms with van der Waals surface area (Å²) in [6.45, 7) is 3.26. The first-order chi connectivity index (χ1) is 14.0. The number of nitro groups is 1. The van der Waals surface area contributed by atoms with Gasteiger partial charge in [0.15, 0.2) is 0 Å². The van der Waals surface area contributed by atoms with E-state index in [1.54, 1.807) is 4.90 Å². The number of hydrogen-bond donors (Lipinski definition) is 0. The SMILES string of the molecule is O=C(c1ccc(F)c([N+](=O)[O-])c1)N1CCN(Cc2cccc3ccccc23)CC1. The second-order valence-corrected chi connectivity index (χ2v) is 7.13. The van der Waals surface area contributed by atoms with Gasteiger partial charge in [0, 0.05) is 44.4 Å². The van der Waals surface area contributed by atoms with Gasteiger partial charge in [0.1, 0.15) is 0 Å². The Bertz CT molecular complexity index is 1070. The Morgan fingerprint density at radius 2 is 1.72 bits per heavy atom. The third-order valence-electron chi connectivity index (χ3n) is 5.32. The Morgan fingerprint density at radius 3 is 2.48 bits per heavy atom. The van der Waals surface area contributed by atoms with E-state index in [9.17, 15) is 19.3 Å². The van der Waals surface area contributed by atoms with Gasteiger partial charge in [0.25, 0.3) is 5.91 Å². The van der Waals surface area contributed by atoms with E-state index in [0.29, 0.717) is 26.2 Å². The largest absolute Gasteiger partial charge is 0.336 e. The summed E-state index contributed by atoms with van der Waals surface area (Å²) in [5.74, 6) is -1.25. The maximum atomic E-state index is 13.5. The number of benzene rings is 3. The molecule has 7 heteroatoms. The molecule has 0 radical (unpaired) electrons. The van der Waals surface area contributed by atoms with Gasteiger partial charge in [-0.1, -0.05) is 42.5 Å². The summed E-state index contributed by atoms with van der Waals surface area (Å²) < 4.78 is 13.5. The van der Waals surface area contributed by atoms with E-state index < -0.39 is 16.4 Å². The summed E-state index contributed by atoms with van der Waals surface area (Å²) >= 11 is 0. The van der Waals surface area contributed by atoms with E-state index in [-0.39, 0.29) is 11.5 Å². The van der Waals surface area contributed by atoms with E-state index in [1.807, 2.05) is 12.1 Å². The van der Waals surface area contributed by atoms with Crippen molar-refractivity contribution < 1.29 is 14.1 Å². The summed E-state index contributed by atoms with van der Waals surface area (Å²) in [5.41, 5.74) is 0.711. The number of rotatable bonds is 4. The lowest BCUT2D eigenvalue weighted by molar-refractivity contribution is -0.387.